The SMILES string of the molecule is CC(C)(O)CCc1cccc(C(=O)NC2CCN(CCO)CC2)c1. The quantitative estimate of drug-likeness (QED) is 0.708. The number of β-amino-alcohol motifs (C(OH)–C–C–N with tert-alkyl or cyclic N) is 1. The van der Waals surface area contributed by atoms with E-state index in [1.54, 1.807) is 13.8 Å². The van der Waals surface area contributed by atoms with Crippen LogP contribution in [0.4, 0.5) is 0 Å². The molecule has 1 saturated heterocycles. The van der Waals surface area contributed by atoms with Gasteiger partial charge in [-0.15, -0.1) is 0 Å². The van der Waals surface area contributed by atoms with Gasteiger partial charge in [-0.2, -0.15) is 0 Å². The van der Waals surface area contributed by atoms with E-state index in [9.17, 15) is 9.90 Å². The van der Waals surface area contributed by atoms with Gasteiger partial charge in [0.15, 0.2) is 0 Å². The molecule has 0 spiro atoms. The summed E-state index contributed by atoms with van der Waals surface area (Å²) in [6.07, 6.45) is 3.26. The van der Waals surface area contributed by atoms with E-state index in [0.29, 0.717) is 18.5 Å². The Morgan fingerprint density at radius 1 is 1.33 bits per heavy atom. The predicted octanol–water partition coefficient (Wildman–Crippen LogP) is 1.58. The number of benzene rings is 1. The number of aliphatic hydroxyl groups excluding tert-OH is 1. The zero-order valence-electron chi connectivity index (χ0n) is 14.8. The van der Waals surface area contributed by atoms with Crippen LogP contribution in [-0.4, -0.2) is 58.9 Å². The highest BCUT2D eigenvalue weighted by molar-refractivity contribution is 5.94. The second-order valence-corrected chi connectivity index (χ2v) is 7.33. The van der Waals surface area contributed by atoms with Crippen molar-refractivity contribution >= 4 is 5.91 Å². The number of nitrogens with zero attached hydrogens (tertiary/aromatic N) is 1. The Labute approximate surface area is 144 Å². The third kappa shape index (κ3) is 6.23. The van der Waals surface area contributed by atoms with Crippen LogP contribution in [0.25, 0.3) is 0 Å². The minimum absolute atomic E-state index is 0.0271. The molecule has 3 N–H and O–H groups in total. The summed E-state index contributed by atoms with van der Waals surface area (Å²) in [5.41, 5.74) is 1.06. The van der Waals surface area contributed by atoms with E-state index in [4.69, 9.17) is 5.11 Å². The lowest BCUT2D eigenvalue weighted by Gasteiger charge is -2.31. The van der Waals surface area contributed by atoms with E-state index >= 15 is 0 Å². The van der Waals surface area contributed by atoms with Gasteiger partial charge in [-0.05, 0) is 57.2 Å². The van der Waals surface area contributed by atoms with Gasteiger partial charge in [-0.25, -0.2) is 0 Å². The molecule has 1 heterocycles. The van der Waals surface area contributed by atoms with Crippen LogP contribution in [0.3, 0.4) is 0 Å². The van der Waals surface area contributed by atoms with Crippen LogP contribution >= 0.6 is 0 Å². The predicted molar refractivity (Wildman–Crippen MR) is 95.1 cm³/mol. The number of aliphatic hydroxyl groups is 2. The first-order valence-corrected chi connectivity index (χ1v) is 8.83. The standard InChI is InChI=1S/C19H30N2O3/c1-19(2,24)9-6-15-4-3-5-16(14-15)18(23)20-17-7-10-21(11-8-17)12-13-22/h3-5,14,17,22,24H,6-13H2,1-2H3,(H,20,23). The lowest BCUT2D eigenvalue weighted by molar-refractivity contribution is 0.0714. The number of carbonyl (C=O) groups is 1. The van der Waals surface area contributed by atoms with Gasteiger partial charge < -0.3 is 20.4 Å². The summed E-state index contributed by atoms with van der Waals surface area (Å²) in [4.78, 5) is 14.7. The lowest BCUT2D eigenvalue weighted by atomic mass is 9.97. The summed E-state index contributed by atoms with van der Waals surface area (Å²) < 4.78 is 0. The van der Waals surface area contributed by atoms with Crippen molar-refractivity contribution in [3.8, 4) is 0 Å². The van der Waals surface area contributed by atoms with Crippen LogP contribution in [0, 0.1) is 0 Å². The fraction of sp³-hybridized carbons (Fsp3) is 0.632. The number of amides is 1. The molecule has 0 saturated carbocycles. The third-order valence-corrected chi connectivity index (χ3v) is 4.55. The molecule has 0 unspecified atom stereocenters. The van der Waals surface area contributed by atoms with Crippen molar-refractivity contribution in [1.82, 2.24) is 10.2 Å². The van der Waals surface area contributed by atoms with Crippen LogP contribution in [0.1, 0.15) is 49.0 Å². The first-order valence-electron chi connectivity index (χ1n) is 8.83. The number of rotatable bonds is 7. The van der Waals surface area contributed by atoms with Crippen molar-refractivity contribution in [1.29, 1.82) is 0 Å². The summed E-state index contributed by atoms with van der Waals surface area (Å²) in [5.74, 6) is -0.0271. The van der Waals surface area contributed by atoms with Crippen molar-refractivity contribution in [2.75, 3.05) is 26.2 Å². The Balaban J connectivity index is 1.86. The van der Waals surface area contributed by atoms with Crippen molar-refractivity contribution in [3.05, 3.63) is 35.4 Å². The molecule has 1 aliphatic rings. The second kappa shape index (κ2) is 8.60. The Hall–Kier alpha value is -1.43. The Kier molecular flexibility index (Phi) is 6.78. The fourth-order valence-electron chi connectivity index (χ4n) is 3.03. The maximum Gasteiger partial charge on any atom is 0.251 e. The topological polar surface area (TPSA) is 72.8 Å². The van der Waals surface area contributed by atoms with Gasteiger partial charge in [0.05, 0.1) is 12.2 Å². The first-order chi connectivity index (χ1) is 11.4. The molecule has 0 atom stereocenters. The van der Waals surface area contributed by atoms with Gasteiger partial charge in [-0.1, -0.05) is 12.1 Å². The van der Waals surface area contributed by atoms with Crippen molar-refractivity contribution in [2.24, 2.45) is 0 Å². The zero-order valence-corrected chi connectivity index (χ0v) is 14.8. The van der Waals surface area contributed by atoms with E-state index in [0.717, 1.165) is 37.9 Å². The normalized spacial score (nSPS) is 17.0. The molecular formula is C19H30N2O3. The number of hydrogen-bond donors (Lipinski definition) is 3. The summed E-state index contributed by atoms with van der Waals surface area (Å²) in [7, 11) is 0. The Morgan fingerprint density at radius 3 is 2.67 bits per heavy atom. The molecule has 1 amide bonds. The number of hydrogen-bond acceptors (Lipinski definition) is 4. The highest BCUT2D eigenvalue weighted by Gasteiger charge is 2.21. The fourth-order valence-corrected chi connectivity index (χ4v) is 3.03. The number of nitrogens with one attached hydrogen (secondary N) is 1. The molecule has 1 fully saturated rings. The molecule has 1 aromatic rings. The zero-order chi connectivity index (χ0) is 17.6. The number of likely N-dealkylation sites (tertiary alicyclic amines) is 1. The molecule has 0 bridgehead atoms. The van der Waals surface area contributed by atoms with Gasteiger partial charge in [0, 0.05) is 31.2 Å². The minimum Gasteiger partial charge on any atom is -0.395 e. The molecule has 0 aliphatic carbocycles. The Morgan fingerprint density at radius 2 is 2.04 bits per heavy atom. The van der Waals surface area contributed by atoms with Crippen molar-refractivity contribution < 1.29 is 15.0 Å². The minimum atomic E-state index is -0.694. The van der Waals surface area contributed by atoms with E-state index < -0.39 is 5.60 Å². The van der Waals surface area contributed by atoms with Crippen LogP contribution in [0.5, 0.6) is 0 Å². The number of piperidine rings is 1. The highest BCUT2D eigenvalue weighted by Crippen LogP contribution is 2.15. The average molecular weight is 334 g/mol. The van der Waals surface area contributed by atoms with Gasteiger partial charge in [0.2, 0.25) is 0 Å². The van der Waals surface area contributed by atoms with Crippen LogP contribution < -0.4 is 5.32 Å². The largest absolute Gasteiger partial charge is 0.395 e. The van der Waals surface area contributed by atoms with Gasteiger partial charge in [-0.3, -0.25) is 4.79 Å². The molecule has 134 valence electrons. The van der Waals surface area contributed by atoms with Crippen LogP contribution in [0.2, 0.25) is 0 Å². The van der Waals surface area contributed by atoms with E-state index in [-0.39, 0.29) is 18.6 Å². The highest BCUT2D eigenvalue weighted by atomic mass is 16.3. The molecule has 2 rings (SSSR count). The smallest absolute Gasteiger partial charge is 0.251 e. The van der Waals surface area contributed by atoms with Crippen LogP contribution in [-0.2, 0) is 6.42 Å². The summed E-state index contributed by atoms with van der Waals surface area (Å²) in [6, 6.07) is 7.85. The first kappa shape index (κ1) is 18.9. The molecule has 1 aromatic carbocycles. The molecule has 1 aliphatic heterocycles. The monoisotopic (exact) mass is 334 g/mol. The number of carbonyl (C=O) groups excluding carboxylic acids is 1. The third-order valence-electron chi connectivity index (χ3n) is 4.55. The second-order valence-electron chi connectivity index (χ2n) is 7.33. The maximum atomic E-state index is 12.5. The summed E-state index contributed by atoms with van der Waals surface area (Å²) in [6.45, 7) is 6.33. The van der Waals surface area contributed by atoms with Gasteiger partial charge in [0.25, 0.3) is 5.91 Å². The van der Waals surface area contributed by atoms with Gasteiger partial charge in [0.1, 0.15) is 0 Å². The van der Waals surface area contributed by atoms with Crippen molar-refractivity contribution in [3.63, 3.8) is 0 Å². The molecule has 5 nitrogen and oxygen atoms in total. The molecule has 24 heavy (non-hydrogen) atoms. The van der Waals surface area contributed by atoms with E-state index in [1.165, 1.54) is 0 Å². The van der Waals surface area contributed by atoms with Crippen LogP contribution in [0.15, 0.2) is 24.3 Å². The molecular weight excluding hydrogens is 304 g/mol. The molecule has 5 heteroatoms. The summed E-state index contributed by atoms with van der Waals surface area (Å²) in [5, 5.41) is 21.9. The van der Waals surface area contributed by atoms with Gasteiger partial charge >= 0.3 is 0 Å². The lowest BCUT2D eigenvalue weighted by Crippen LogP contribution is -2.45. The van der Waals surface area contributed by atoms with E-state index in [1.807, 2.05) is 24.3 Å². The average Bonchev–Trinajstić information content (AvgIpc) is 2.55. The molecule has 0 radical (unpaired) electrons. The molecule has 0 aromatic heterocycles. The maximum absolute atomic E-state index is 12.5. The summed E-state index contributed by atoms with van der Waals surface area (Å²) >= 11 is 0. The van der Waals surface area contributed by atoms with E-state index in [2.05, 4.69) is 10.2 Å². The number of aryl methyl sites for hydroxylation is 1. The van der Waals surface area contributed by atoms with Crippen molar-refractivity contribution in [2.45, 2.75) is 51.2 Å². The Bertz CT molecular complexity index is 532.